The number of hydrogen-bond acceptors (Lipinski definition) is 5. The molecule has 0 radical (unpaired) electrons. The van der Waals surface area contributed by atoms with Gasteiger partial charge in [0.1, 0.15) is 0 Å². The van der Waals surface area contributed by atoms with E-state index in [1.807, 2.05) is 0 Å². The zero-order valence-corrected chi connectivity index (χ0v) is 15.7. The molecule has 25 heavy (non-hydrogen) atoms. The van der Waals surface area contributed by atoms with Crippen LogP contribution in [0.3, 0.4) is 0 Å². The largest absolute Gasteiger partial charge is 0.452 e. The van der Waals surface area contributed by atoms with Crippen molar-refractivity contribution in [2.45, 2.75) is 37.6 Å². The van der Waals surface area contributed by atoms with Crippen LogP contribution in [-0.4, -0.2) is 50.3 Å². The van der Waals surface area contributed by atoms with Gasteiger partial charge in [-0.2, -0.15) is 4.31 Å². The minimum absolute atomic E-state index is 0.0463. The van der Waals surface area contributed by atoms with Gasteiger partial charge in [-0.15, -0.1) is 0 Å². The molecule has 1 aliphatic rings. The van der Waals surface area contributed by atoms with Crippen LogP contribution in [0, 0.1) is 0 Å². The summed E-state index contributed by atoms with van der Waals surface area (Å²) in [7, 11) is -3.73. The molecule has 1 saturated carbocycles. The standard InChI is InChI=1S/C16H21ClN2O5S/c1-3-19(4-2)25(22,23)12-7-8-14(17)13(9-12)16(21)24-10-15(20)18-11-5-6-11/h7-9,11H,3-6,10H2,1-2H3,(H,18,20). The Kier molecular flexibility index (Phi) is 6.42. The van der Waals surface area contributed by atoms with E-state index in [1.165, 1.54) is 22.5 Å². The molecule has 0 spiro atoms. The average molecular weight is 389 g/mol. The van der Waals surface area contributed by atoms with Gasteiger partial charge >= 0.3 is 5.97 Å². The molecular formula is C16H21ClN2O5S. The van der Waals surface area contributed by atoms with E-state index in [4.69, 9.17) is 16.3 Å². The van der Waals surface area contributed by atoms with Gasteiger partial charge in [0.05, 0.1) is 15.5 Å². The number of sulfonamides is 1. The summed E-state index contributed by atoms with van der Waals surface area (Å²) in [6.07, 6.45) is 1.85. The van der Waals surface area contributed by atoms with Gasteiger partial charge in [0.25, 0.3) is 5.91 Å². The Morgan fingerprint density at radius 1 is 1.28 bits per heavy atom. The third-order valence-electron chi connectivity index (χ3n) is 3.78. The van der Waals surface area contributed by atoms with Crippen LogP contribution in [0.15, 0.2) is 23.1 Å². The minimum Gasteiger partial charge on any atom is -0.452 e. The van der Waals surface area contributed by atoms with Crippen LogP contribution < -0.4 is 5.32 Å². The number of esters is 1. The first-order valence-corrected chi connectivity index (χ1v) is 9.87. The van der Waals surface area contributed by atoms with Crippen molar-refractivity contribution in [2.75, 3.05) is 19.7 Å². The summed E-state index contributed by atoms with van der Waals surface area (Å²) in [6, 6.07) is 4.01. The number of nitrogens with zero attached hydrogens (tertiary/aromatic N) is 1. The number of carbonyl (C=O) groups excluding carboxylic acids is 2. The Labute approximate surface area is 152 Å². The lowest BCUT2D eigenvalue weighted by Gasteiger charge is -2.19. The van der Waals surface area contributed by atoms with Gasteiger partial charge in [-0.1, -0.05) is 25.4 Å². The topological polar surface area (TPSA) is 92.8 Å². The molecule has 0 atom stereocenters. The summed E-state index contributed by atoms with van der Waals surface area (Å²) in [5.41, 5.74) is -0.0888. The quantitative estimate of drug-likeness (QED) is 0.685. The molecule has 1 N–H and O–H groups in total. The first kappa shape index (κ1) is 19.7. The van der Waals surface area contributed by atoms with E-state index in [-0.39, 0.29) is 27.4 Å². The van der Waals surface area contributed by atoms with Crippen LogP contribution in [0.2, 0.25) is 5.02 Å². The minimum atomic E-state index is -3.73. The molecule has 138 valence electrons. The van der Waals surface area contributed by atoms with Gasteiger partial charge in [0.15, 0.2) is 6.61 Å². The van der Waals surface area contributed by atoms with E-state index in [1.54, 1.807) is 13.8 Å². The second-order valence-corrected chi connectivity index (χ2v) is 7.99. The lowest BCUT2D eigenvalue weighted by atomic mass is 10.2. The molecule has 0 aromatic heterocycles. The van der Waals surface area contributed by atoms with E-state index in [9.17, 15) is 18.0 Å². The van der Waals surface area contributed by atoms with Crippen molar-refractivity contribution in [1.82, 2.24) is 9.62 Å². The highest BCUT2D eigenvalue weighted by molar-refractivity contribution is 7.89. The van der Waals surface area contributed by atoms with Crippen molar-refractivity contribution in [3.8, 4) is 0 Å². The molecule has 0 unspecified atom stereocenters. The molecule has 2 rings (SSSR count). The predicted octanol–water partition coefficient (Wildman–Crippen LogP) is 1.81. The predicted molar refractivity (Wildman–Crippen MR) is 93.0 cm³/mol. The molecule has 0 bridgehead atoms. The maximum atomic E-state index is 12.5. The maximum Gasteiger partial charge on any atom is 0.340 e. The summed E-state index contributed by atoms with van der Waals surface area (Å²) in [5, 5.41) is 2.75. The monoisotopic (exact) mass is 388 g/mol. The number of benzene rings is 1. The number of ether oxygens (including phenoxy) is 1. The number of amides is 1. The lowest BCUT2D eigenvalue weighted by Crippen LogP contribution is -2.31. The van der Waals surface area contributed by atoms with Crippen molar-refractivity contribution in [3.63, 3.8) is 0 Å². The Hall–Kier alpha value is -1.64. The van der Waals surface area contributed by atoms with Gasteiger partial charge in [-0.05, 0) is 31.0 Å². The van der Waals surface area contributed by atoms with Crippen LogP contribution in [-0.2, 0) is 19.6 Å². The van der Waals surface area contributed by atoms with Crippen LogP contribution >= 0.6 is 11.6 Å². The molecule has 0 heterocycles. The van der Waals surface area contributed by atoms with Gasteiger partial charge in [0, 0.05) is 19.1 Å². The number of halogens is 1. The number of nitrogens with one attached hydrogen (secondary N) is 1. The summed E-state index contributed by atoms with van der Waals surface area (Å²) in [5.74, 6) is -1.23. The smallest absolute Gasteiger partial charge is 0.340 e. The van der Waals surface area contributed by atoms with Crippen LogP contribution in [0.25, 0.3) is 0 Å². The fourth-order valence-electron chi connectivity index (χ4n) is 2.24. The van der Waals surface area contributed by atoms with Crippen molar-refractivity contribution in [3.05, 3.63) is 28.8 Å². The van der Waals surface area contributed by atoms with Crippen molar-refractivity contribution >= 4 is 33.5 Å². The molecule has 0 saturated heterocycles. The van der Waals surface area contributed by atoms with E-state index in [2.05, 4.69) is 5.32 Å². The SMILES string of the molecule is CCN(CC)S(=O)(=O)c1ccc(Cl)c(C(=O)OCC(=O)NC2CC2)c1. The van der Waals surface area contributed by atoms with Crippen molar-refractivity contribution in [2.24, 2.45) is 0 Å². The molecule has 1 aliphatic carbocycles. The Bertz CT molecular complexity index is 758. The van der Waals surface area contributed by atoms with Gasteiger partial charge in [-0.25, -0.2) is 13.2 Å². The molecule has 1 aromatic rings. The first-order valence-electron chi connectivity index (χ1n) is 8.05. The van der Waals surface area contributed by atoms with Gasteiger partial charge < -0.3 is 10.1 Å². The van der Waals surface area contributed by atoms with Crippen LogP contribution in [0.5, 0.6) is 0 Å². The second-order valence-electron chi connectivity index (χ2n) is 5.65. The fraction of sp³-hybridized carbons (Fsp3) is 0.500. The molecule has 9 heteroatoms. The van der Waals surface area contributed by atoms with Crippen molar-refractivity contribution < 1.29 is 22.7 Å². The van der Waals surface area contributed by atoms with Crippen molar-refractivity contribution in [1.29, 1.82) is 0 Å². The van der Waals surface area contributed by atoms with Crippen LogP contribution in [0.4, 0.5) is 0 Å². The third-order valence-corrected chi connectivity index (χ3v) is 6.15. The second kappa shape index (κ2) is 8.16. The van der Waals surface area contributed by atoms with E-state index in [0.717, 1.165) is 12.8 Å². The van der Waals surface area contributed by atoms with Crippen LogP contribution in [0.1, 0.15) is 37.0 Å². The zero-order valence-electron chi connectivity index (χ0n) is 14.1. The highest BCUT2D eigenvalue weighted by Gasteiger charge is 2.26. The fourth-order valence-corrected chi connectivity index (χ4v) is 3.92. The zero-order chi connectivity index (χ0) is 18.6. The van der Waals surface area contributed by atoms with E-state index < -0.39 is 22.6 Å². The first-order chi connectivity index (χ1) is 11.8. The number of hydrogen-bond donors (Lipinski definition) is 1. The Morgan fingerprint density at radius 2 is 1.92 bits per heavy atom. The lowest BCUT2D eigenvalue weighted by molar-refractivity contribution is -0.124. The molecule has 1 aromatic carbocycles. The summed E-state index contributed by atoms with van der Waals surface area (Å²) in [4.78, 5) is 23.7. The summed E-state index contributed by atoms with van der Waals surface area (Å²) < 4.78 is 31.3. The molecule has 1 fully saturated rings. The van der Waals surface area contributed by atoms with E-state index in [0.29, 0.717) is 13.1 Å². The Morgan fingerprint density at radius 3 is 2.48 bits per heavy atom. The summed E-state index contributed by atoms with van der Waals surface area (Å²) >= 11 is 5.99. The van der Waals surface area contributed by atoms with Gasteiger partial charge in [-0.3, -0.25) is 4.79 Å². The molecule has 0 aliphatic heterocycles. The number of carbonyl (C=O) groups is 2. The molecular weight excluding hydrogens is 368 g/mol. The normalized spacial score (nSPS) is 14.4. The van der Waals surface area contributed by atoms with E-state index >= 15 is 0 Å². The Balaban J connectivity index is 2.14. The molecule has 1 amide bonds. The third kappa shape index (κ3) is 4.93. The average Bonchev–Trinajstić information content (AvgIpc) is 3.37. The van der Waals surface area contributed by atoms with Gasteiger partial charge in [0.2, 0.25) is 10.0 Å². The summed E-state index contributed by atoms with van der Waals surface area (Å²) in [6.45, 7) is 3.64. The molecule has 7 nitrogen and oxygen atoms in total. The maximum absolute atomic E-state index is 12.5. The number of rotatable bonds is 8. The highest BCUT2D eigenvalue weighted by atomic mass is 35.5. The highest BCUT2D eigenvalue weighted by Crippen LogP contribution is 2.24.